The van der Waals surface area contributed by atoms with E-state index in [4.69, 9.17) is 4.74 Å². The third-order valence-electron chi connectivity index (χ3n) is 3.44. The standard InChI is InChI=1S/C15H20N2O3/c1-10(2)14-15(19)17(8-7-13(18)16-14)11-5-4-6-12(9-11)20-3/h4-6,9-10,14H,7-8H2,1-3H3,(H,16,18). The van der Waals surface area contributed by atoms with Crippen molar-refractivity contribution in [2.75, 3.05) is 18.6 Å². The fraction of sp³-hybridized carbons (Fsp3) is 0.467. The molecule has 1 aromatic rings. The Morgan fingerprint density at radius 2 is 2.10 bits per heavy atom. The van der Waals surface area contributed by atoms with Gasteiger partial charge in [-0.3, -0.25) is 9.59 Å². The van der Waals surface area contributed by atoms with Crippen molar-refractivity contribution in [2.24, 2.45) is 5.92 Å². The van der Waals surface area contributed by atoms with Gasteiger partial charge >= 0.3 is 0 Å². The Morgan fingerprint density at radius 3 is 2.75 bits per heavy atom. The summed E-state index contributed by atoms with van der Waals surface area (Å²) in [5, 5.41) is 2.80. The minimum absolute atomic E-state index is 0.0534. The van der Waals surface area contributed by atoms with Gasteiger partial charge in [0, 0.05) is 24.7 Å². The smallest absolute Gasteiger partial charge is 0.249 e. The van der Waals surface area contributed by atoms with Crippen molar-refractivity contribution in [2.45, 2.75) is 26.3 Å². The Balaban J connectivity index is 2.33. The van der Waals surface area contributed by atoms with Crippen molar-refractivity contribution < 1.29 is 14.3 Å². The van der Waals surface area contributed by atoms with Crippen molar-refractivity contribution in [3.05, 3.63) is 24.3 Å². The van der Waals surface area contributed by atoms with E-state index in [1.54, 1.807) is 12.0 Å². The number of hydrogen-bond acceptors (Lipinski definition) is 3. The molecule has 0 bridgehead atoms. The maximum absolute atomic E-state index is 12.6. The number of hydrogen-bond donors (Lipinski definition) is 1. The highest BCUT2D eigenvalue weighted by Crippen LogP contribution is 2.24. The molecule has 0 aliphatic carbocycles. The Kier molecular flexibility index (Phi) is 4.27. The van der Waals surface area contributed by atoms with Crippen LogP contribution in [-0.4, -0.2) is 31.5 Å². The molecule has 2 rings (SSSR count). The van der Waals surface area contributed by atoms with Gasteiger partial charge < -0.3 is 15.0 Å². The number of benzene rings is 1. The molecule has 108 valence electrons. The van der Waals surface area contributed by atoms with Crippen LogP contribution in [0.15, 0.2) is 24.3 Å². The van der Waals surface area contributed by atoms with Crippen molar-refractivity contribution >= 4 is 17.5 Å². The van der Waals surface area contributed by atoms with E-state index in [9.17, 15) is 9.59 Å². The summed E-state index contributed by atoms with van der Waals surface area (Å²) in [5.74, 6) is 0.596. The second-order valence-electron chi connectivity index (χ2n) is 5.23. The lowest BCUT2D eigenvalue weighted by Gasteiger charge is -2.26. The van der Waals surface area contributed by atoms with E-state index < -0.39 is 6.04 Å². The molecule has 1 unspecified atom stereocenters. The summed E-state index contributed by atoms with van der Waals surface area (Å²) in [4.78, 5) is 26.0. The number of methoxy groups -OCH3 is 1. The summed E-state index contributed by atoms with van der Waals surface area (Å²) < 4.78 is 5.19. The largest absolute Gasteiger partial charge is 0.497 e. The summed E-state index contributed by atoms with van der Waals surface area (Å²) in [5.41, 5.74) is 0.761. The van der Waals surface area contributed by atoms with Crippen LogP contribution in [0.1, 0.15) is 20.3 Å². The third kappa shape index (κ3) is 2.92. The van der Waals surface area contributed by atoms with Crippen molar-refractivity contribution in [1.82, 2.24) is 5.32 Å². The topological polar surface area (TPSA) is 58.6 Å². The van der Waals surface area contributed by atoms with Gasteiger partial charge in [-0.05, 0) is 18.1 Å². The van der Waals surface area contributed by atoms with Gasteiger partial charge in [0.1, 0.15) is 11.8 Å². The van der Waals surface area contributed by atoms with Gasteiger partial charge in [0.05, 0.1) is 7.11 Å². The van der Waals surface area contributed by atoms with Crippen LogP contribution in [0, 0.1) is 5.92 Å². The van der Waals surface area contributed by atoms with Gasteiger partial charge in [-0.2, -0.15) is 0 Å². The average Bonchev–Trinajstić information content (AvgIpc) is 2.58. The summed E-state index contributed by atoms with van der Waals surface area (Å²) in [6.07, 6.45) is 0.312. The number of nitrogens with one attached hydrogen (secondary N) is 1. The Hall–Kier alpha value is -2.04. The van der Waals surface area contributed by atoms with Crippen LogP contribution in [0.4, 0.5) is 5.69 Å². The number of carbonyl (C=O) groups is 2. The minimum atomic E-state index is -0.476. The first-order valence-electron chi connectivity index (χ1n) is 6.77. The van der Waals surface area contributed by atoms with Crippen molar-refractivity contribution in [3.63, 3.8) is 0 Å². The third-order valence-corrected chi connectivity index (χ3v) is 3.44. The number of rotatable bonds is 3. The van der Waals surface area contributed by atoms with E-state index in [0.29, 0.717) is 18.7 Å². The fourth-order valence-electron chi connectivity index (χ4n) is 2.29. The molecular weight excluding hydrogens is 256 g/mol. The lowest BCUT2D eigenvalue weighted by Crippen LogP contribution is -2.47. The SMILES string of the molecule is COc1cccc(N2CCC(=O)NC(C(C)C)C2=O)c1. The first kappa shape index (κ1) is 14.4. The molecule has 1 N–H and O–H groups in total. The van der Waals surface area contributed by atoms with Crippen LogP contribution in [0.25, 0.3) is 0 Å². The van der Waals surface area contributed by atoms with Crippen LogP contribution < -0.4 is 15.0 Å². The molecule has 1 aliphatic rings. The number of carbonyl (C=O) groups excluding carboxylic acids is 2. The van der Waals surface area contributed by atoms with Gasteiger partial charge in [-0.15, -0.1) is 0 Å². The quantitative estimate of drug-likeness (QED) is 0.911. The minimum Gasteiger partial charge on any atom is -0.497 e. The zero-order valence-corrected chi connectivity index (χ0v) is 12.1. The van der Waals surface area contributed by atoms with E-state index in [2.05, 4.69) is 5.32 Å². The molecule has 1 heterocycles. The number of amides is 2. The normalized spacial score (nSPS) is 19.8. The van der Waals surface area contributed by atoms with Crippen LogP contribution in [0.3, 0.4) is 0 Å². The number of ether oxygens (including phenoxy) is 1. The van der Waals surface area contributed by atoms with Crippen LogP contribution >= 0.6 is 0 Å². The first-order chi connectivity index (χ1) is 9.52. The molecule has 0 aromatic heterocycles. The molecule has 1 aromatic carbocycles. The van der Waals surface area contributed by atoms with E-state index in [0.717, 1.165) is 5.69 Å². The second kappa shape index (κ2) is 5.94. The van der Waals surface area contributed by atoms with Gasteiger partial charge in [-0.1, -0.05) is 19.9 Å². The first-order valence-corrected chi connectivity index (χ1v) is 6.77. The summed E-state index contributed by atoms with van der Waals surface area (Å²) in [6, 6.07) is 6.86. The Bertz CT molecular complexity index is 514. The predicted molar refractivity (Wildman–Crippen MR) is 76.7 cm³/mol. The van der Waals surface area contributed by atoms with Gasteiger partial charge in [0.2, 0.25) is 11.8 Å². The Labute approximate surface area is 118 Å². The van der Waals surface area contributed by atoms with E-state index in [1.165, 1.54) is 0 Å². The Morgan fingerprint density at radius 1 is 1.35 bits per heavy atom. The fourth-order valence-corrected chi connectivity index (χ4v) is 2.29. The van der Waals surface area contributed by atoms with E-state index in [1.807, 2.05) is 38.1 Å². The molecule has 20 heavy (non-hydrogen) atoms. The lowest BCUT2D eigenvalue weighted by atomic mass is 10.0. The highest BCUT2D eigenvalue weighted by molar-refractivity contribution is 6.01. The molecule has 1 fully saturated rings. The zero-order valence-electron chi connectivity index (χ0n) is 12.1. The molecule has 0 radical (unpaired) electrons. The summed E-state index contributed by atoms with van der Waals surface area (Å²) >= 11 is 0. The van der Waals surface area contributed by atoms with Gasteiger partial charge in [-0.25, -0.2) is 0 Å². The van der Waals surface area contributed by atoms with Gasteiger partial charge in [0.25, 0.3) is 0 Å². The van der Waals surface area contributed by atoms with Crippen LogP contribution in [0.5, 0.6) is 5.75 Å². The number of anilines is 1. The highest BCUT2D eigenvalue weighted by Gasteiger charge is 2.32. The van der Waals surface area contributed by atoms with Crippen LogP contribution in [-0.2, 0) is 9.59 Å². The van der Waals surface area contributed by atoms with Gasteiger partial charge in [0.15, 0.2) is 0 Å². The molecule has 2 amide bonds. The van der Waals surface area contributed by atoms with E-state index >= 15 is 0 Å². The summed E-state index contributed by atoms with van der Waals surface area (Å²) in [7, 11) is 1.59. The second-order valence-corrected chi connectivity index (χ2v) is 5.23. The molecule has 0 spiro atoms. The molecule has 0 saturated carbocycles. The monoisotopic (exact) mass is 276 g/mol. The molecule has 1 atom stereocenters. The molecule has 5 nitrogen and oxygen atoms in total. The average molecular weight is 276 g/mol. The van der Waals surface area contributed by atoms with E-state index in [-0.39, 0.29) is 17.7 Å². The molecule has 1 saturated heterocycles. The maximum Gasteiger partial charge on any atom is 0.249 e. The predicted octanol–water partition coefficient (Wildman–Crippen LogP) is 1.57. The maximum atomic E-state index is 12.6. The summed E-state index contributed by atoms with van der Waals surface area (Å²) in [6.45, 7) is 4.25. The number of nitrogens with zero attached hydrogens (tertiary/aromatic N) is 1. The van der Waals surface area contributed by atoms with Crippen LogP contribution in [0.2, 0.25) is 0 Å². The molecule has 5 heteroatoms. The van der Waals surface area contributed by atoms with Crippen molar-refractivity contribution in [1.29, 1.82) is 0 Å². The molecule has 1 aliphatic heterocycles. The zero-order chi connectivity index (χ0) is 14.7. The lowest BCUT2D eigenvalue weighted by molar-refractivity contribution is -0.126. The highest BCUT2D eigenvalue weighted by atomic mass is 16.5. The molecular formula is C15H20N2O3. The van der Waals surface area contributed by atoms with Crippen molar-refractivity contribution in [3.8, 4) is 5.75 Å².